The van der Waals surface area contributed by atoms with Crippen LogP contribution in [0.1, 0.15) is 13.3 Å². The minimum atomic E-state index is -0.336. The van der Waals surface area contributed by atoms with Crippen LogP contribution < -0.4 is 0 Å². The van der Waals surface area contributed by atoms with E-state index in [1.165, 1.54) is 0 Å². The lowest BCUT2D eigenvalue weighted by Gasteiger charge is -2.06. The van der Waals surface area contributed by atoms with E-state index < -0.39 is 0 Å². The fourth-order valence-electron chi connectivity index (χ4n) is 1.10. The van der Waals surface area contributed by atoms with Gasteiger partial charge >= 0.3 is 0 Å². The lowest BCUT2D eigenvalue weighted by Crippen LogP contribution is -2.16. The van der Waals surface area contributed by atoms with Crippen molar-refractivity contribution in [1.29, 1.82) is 0 Å². The molecule has 1 aliphatic heterocycles. The summed E-state index contributed by atoms with van der Waals surface area (Å²) < 4.78 is 5.25. The molecule has 9 heavy (non-hydrogen) atoms. The van der Waals surface area contributed by atoms with Crippen molar-refractivity contribution in [3.63, 3.8) is 0 Å². The molecular formula is C7H12O2. The molecule has 1 N–H and O–H groups in total. The van der Waals surface area contributed by atoms with E-state index in [1.807, 2.05) is 6.92 Å². The van der Waals surface area contributed by atoms with Gasteiger partial charge in [-0.25, -0.2) is 0 Å². The molecule has 52 valence electrons. The highest BCUT2D eigenvalue weighted by atomic mass is 16.5. The van der Waals surface area contributed by atoms with Gasteiger partial charge in [-0.05, 0) is 6.92 Å². The number of ether oxygens (including phenoxy) is 1. The van der Waals surface area contributed by atoms with Crippen LogP contribution in [0.3, 0.4) is 0 Å². The van der Waals surface area contributed by atoms with Crippen LogP contribution >= 0.6 is 0 Å². The lowest BCUT2D eigenvalue weighted by molar-refractivity contribution is 0.0471. The highest BCUT2D eigenvalue weighted by Gasteiger charge is 2.28. The first kappa shape index (κ1) is 6.78. The van der Waals surface area contributed by atoms with Crippen molar-refractivity contribution in [2.24, 2.45) is 0 Å². The second-order valence-electron chi connectivity index (χ2n) is 2.45. The van der Waals surface area contributed by atoms with Crippen molar-refractivity contribution in [3.05, 3.63) is 12.7 Å². The first-order chi connectivity index (χ1) is 4.24. The lowest BCUT2D eigenvalue weighted by atomic mass is 10.1. The Bertz CT molecular complexity index is 111. The van der Waals surface area contributed by atoms with Gasteiger partial charge in [0.05, 0.1) is 12.2 Å². The van der Waals surface area contributed by atoms with Gasteiger partial charge in [-0.1, -0.05) is 6.08 Å². The van der Waals surface area contributed by atoms with Crippen molar-refractivity contribution < 1.29 is 9.84 Å². The van der Waals surface area contributed by atoms with E-state index in [1.54, 1.807) is 6.08 Å². The van der Waals surface area contributed by atoms with Crippen molar-refractivity contribution in [2.75, 3.05) is 0 Å². The summed E-state index contributed by atoms with van der Waals surface area (Å²) in [5.74, 6) is 0. The predicted octanol–water partition coefficient (Wildman–Crippen LogP) is 0.711. The van der Waals surface area contributed by atoms with Crippen LogP contribution in [0.5, 0.6) is 0 Å². The SMILES string of the molecule is C=C[C@@H]1OC(C)C[C@@H]1O. The Morgan fingerprint density at radius 1 is 1.78 bits per heavy atom. The van der Waals surface area contributed by atoms with Gasteiger partial charge in [-0.15, -0.1) is 6.58 Å². The van der Waals surface area contributed by atoms with E-state index >= 15 is 0 Å². The fourth-order valence-corrected chi connectivity index (χ4v) is 1.10. The first-order valence-corrected chi connectivity index (χ1v) is 3.20. The molecule has 0 bridgehead atoms. The van der Waals surface area contributed by atoms with Crippen molar-refractivity contribution in [2.45, 2.75) is 31.7 Å². The van der Waals surface area contributed by atoms with E-state index in [0.717, 1.165) is 6.42 Å². The summed E-state index contributed by atoms with van der Waals surface area (Å²) in [6, 6.07) is 0. The van der Waals surface area contributed by atoms with Crippen molar-refractivity contribution >= 4 is 0 Å². The molecule has 0 aromatic rings. The summed E-state index contributed by atoms with van der Waals surface area (Å²) in [6.07, 6.45) is 2.09. The molecule has 1 fully saturated rings. The number of hydrogen-bond donors (Lipinski definition) is 1. The molecule has 3 atom stereocenters. The molecule has 0 aromatic carbocycles. The number of aliphatic hydroxyl groups is 1. The zero-order chi connectivity index (χ0) is 6.85. The molecule has 0 amide bonds. The maximum Gasteiger partial charge on any atom is 0.102 e. The van der Waals surface area contributed by atoms with Crippen LogP contribution in [0.15, 0.2) is 12.7 Å². The topological polar surface area (TPSA) is 29.5 Å². The third kappa shape index (κ3) is 1.32. The van der Waals surface area contributed by atoms with Gasteiger partial charge in [0.25, 0.3) is 0 Å². The third-order valence-corrected chi connectivity index (χ3v) is 1.57. The number of rotatable bonds is 1. The normalized spacial score (nSPS) is 43.1. The average molecular weight is 128 g/mol. The maximum atomic E-state index is 9.16. The summed E-state index contributed by atoms with van der Waals surface area (Å²) in [4.78, 5) is 0. The van der Waals surface area contributed by atoms with E-state index in [0.29, 0.717) is 0 Å². The Labute approximate surface area is 55.1 Å². The molecule has 2 nitrogen and oxygen atoms in total. The van der Waals surface area contributed by atoms with Crippen LogP contribution in [-0.2, 0) is 4.74 Å². The smallest absolute Gasteiger partial charge is 0.102 e. The molecule has 2 heteroatoms. The molecule has 0 radical (unpaired) electrons. The molecule has 0 aliphatic carbocycles. The zero-order valence-corrected chi connectivity index (χ0v) is 5.58. The number of hydrogen-bond acceptors (Lipinski definition) is 2. The van der Waals surface area contributed by atoms with Crippen LogP contribution in [0.25, 0.3) is 0 Å². The van der Waals surface area contributed by atoms with Gasteiger partial charge in [-0.2, -0.15) is 0 Å². The van der Waals surface area contributed by atoms with Gasteiger partial charge in [0.2, 0.25) is 0 Å². The average Bonchev–Trinajstić information content (AvgIpc) is 2.10. The molecule has 0 spiro atoms. The summed E-state index contributed by atoms with van der Waals surface area (Å²) in [5, 5.41) is 9.16. The third-order valence-electron chi connectivity index (χ3n) is 1.57. The zero-order valence-electron chi connectivity index (χ0n) is 5.58. The van der Waals surface area contributed by atoms with Crippen molar-refractivity contribution in [1.82, 2.24) is 0 Å². The van der Waals surface area contributed by atoms with E-state index in [9.17, 15) is 0 Å². The Hall–Kier alpha value is -0.340. The molecular weight excluding hydrogens is 116 g/mol. The van der Waals surface area contributed by atoms with Gasteiger partial charge in [0.1, 0.15) is 6.10 Å². The summed E-state index contributed by atoms with van der Waals surface area (Å²) >= 11 is 0. The predicted molar refractivity (Wildman–Crippen MR) is 35.2 cm³/mol. The Kier molecular flexibility index (Phi) is 1.88. The molecule has 0 aromatic heterocycles. The van der Waals surface area contributed by atoms with Crippen LogP contribution in [-0.4, -0.2) is 23.4 Å². The molecule has 1 saturated heterocycles. The van der Waals surface area contributed by atoms with Gasteiger partial charge in [0, 0.05) is 6.42 Å². The largest absolute Gasteiger partial charge is 0.390 e. The summed E-state index contributed by atoms with van der Waals surface area (Å²) in [6.45, 7) is 5.49. The monoisotopic (exact) mass is 128 g/mol. The van der Waals surface area contributed by atoms with Gasteiger partial charge in [0.15, 0.2) is 0 Å². The highest BCUT2D eigenvalue weighted by Crippen LogP contribution is 2.19. The Morgan fingerprint density at radius 3 is 2.67 bits per heavy atom. The van der Waals surface area contributed by atoms with E-state index in [-0.39, 0.29) is 18.3 Å². The summed E-state index contributed by atoms with van der Waals surface area (Å²) in [7, 11) is 0. The minimum absolute atomic E-state index is 0.139. The van der Waals surface area contributed by atoms with Gasteiger partial charge < -0.3 is 9.84 Å². The fraction of sp³-hybridized carbons (Fsp3) is 0.714. The second kappa shape index (κ2) is 2.50. The summed E-state index contributed by atoms with van der Waals surface area (Å²) in [5.41, 5.74) is 0. The number of aliphatic hydroxyl groups excluding tert-OH is 1. The van der Waals surface area contributed by atoms with E-state index in [2.05, 4.69) is 6.58 Å². The van der Waals surface area contributed by atoms with Crippen molar-refractivity contribution in [3.8, 4) is 0 Å². The Morgan fingerprint density at radius 2 is 2.44 bits per heavy atom. The molecule has 1 unspecified atom stereocenters. The maximum absolute atomic E-state index is 9.16. The Balaban J connectivity index is 2.47. The van der Waals surface area contributed by atoms with Crippen LogP contribution in [0.4, 0.5) is 0 Å². The first-order valence-electron chi connectivity index (χ1n) is 3.20. The molecule has 1 heterocycles. The van der Waals surface area contributed by atoms with Crippen LogP contribution in [0.2, 0.25) is 0 Å². The quantitative estimate of drug-likeness (QED) is 0.527. The molecule has 1 rings (SSSR count). The standard InChI is InChI=1S/C7H12O2/c1-3-7-6(8)4-5(2)9-7/h3,5-8H,1,4H2,2H3/t5?,6-,7-/m0/s1. The molecule has 1 aliphatic rings. The second-order valence-corrected chi connectivity index (χ2v) is 2.45. The highest BCUT2D eigenvalue weighted by molar-refractivity contribution is 4.91. The minimum Gasteiger partial charge on any atom is -0.390 e. The van der Waals surface area contributed by atoms with Crippen LogP contribution in [0, 0.1) is 0 Å². The molecule has 0 saturated carbocycles. The van der Waals surface area contributed by atoms with Gasteiger partial charge in [-0.3, -0.25) is 0 Å². The van der Waals surface area contributed by atoms with E-state index in [4.69, 9.17) is 9.84 Å².